The number of methoxy groups -OCH3 is 1. The summed E-state index contributed by atoms with van der Waals surface area (Å²) in [6.45, 7) is 1.85. The molecule has 136 valence electrons. The number of rotatable bonds is 2. The summed E-state index contributed by atoms with van der Waals surface area (Å²) in [5.41, 5.74) is 8.45. The maximum absolute atomic E-state index is 6.27. The van der Waals surface area contributed by atoms with Gasteiger partial charge in [-0.05, 0) is 49.6 Å². The number of hydrogen-bond donors (Lipinski definition) is 1. The SMILES string of the molecule is CC#Cc1cc2c(cc1OC)sc1ccc(C3CSC4(CC4)C(N)=N3)cc12. The van der Waals surface area contributed by atoms with Crippen molar-refractivity contribution in [3.05, 3.63) is 41.5 Å². The molecule has 1 unspecified atom stereocenters. The zero-order valence-corrected chi connectivity index (χ0v) is 17.0. The molecule has 2 aromatic carbocycles. The number of amidine groups is 1. The molecule has 1 fully saturated rings. The quantitative estimate of drug-likeness (QED) is 0.616. The summed E-state index contributed by atoms with van der Waals surface area (Å²) >= 11 is 3.77. The monoisotopic (exact) mass is 392 g/mol. The second kappa shape index (κ2) is 6.19. The molecule has 1 aliphatic carbocycles. The molecule has 1 aromatic heterocycles. The lowest BCUT2D eigenvalue weighted by Gasteiger charge is -2.25. The van der Waals surface area contributed by atoms with Crippen molar-refractivity contribution in [1.29, 1.82) is 0 Å². The van der Waals surface area contributed by atoms with Crippen molar-refractivity contribution < 1.29 is 4.74 Å². The largest absolute Gasteiger partial charge is 0.495 e. The number of nitrogens with two attached hydrogens (primary N) is 1. The van der Waals surface area contributed by atoms with E-state index in [1.807, 2.05) is 18.7 Å². The average molecular weight is 393 g/mol. The lowest BCUT2D eigenvalue weighted by Crippen LogP contribution is -2.33. The van der Waals surface area contributed by atoms with Crippen molar-refractivity contribution in [2.24, 2.45) is 10.7 Å². The van der Waals surface area contributed by atoms with Crippen LogP contribution in [0.3, 0.4) is 0 Å². The Balaban J connectivity index is 1.64. The van der Waals surface area contributed by atoms with Gasteiger partial charge in [0.25, 0.3) is 0 Å². The van der Waals surface area contributed by atoms with Gasteiger partial charge in [0.15, 0.2) is 0 Å². The molecular formula is C22H20N2OS2. The van der Waals surface area contributed by atoms with Crippen LogP contribution in [0, 0.1) is 11.8 Å². The molecule has 1 aliphatic heterocycles. The summed E-state index contributed by atoms with van der Waals surface area (Å²) in [4.78, 5) is 4.85. The molecule has 0 radical (unpaired) electrons. The lowest BCUT2D eigenvalue weighted by molar-refractivity contribution is 0.414. The first kappa shape index (κ1) is 17.0. The molecule has 3 nitrogen and oxygen atoms in total. The Kier molecular flexibility index (Phi) is 3.89. The number of ether oxygens (including phenoxy) is 1. The maximum atomic E-state index is 6.27. The number of thiophene rings is 1. The van der Waals surface area contributed by atoms with Crippen molar-refractivity contribution in [3.63, 3.8) is 0 Å². The highest BCUT2D eigenvalue weighted by atomic mass is 32.2. The van der Waals surface area contributed by atoms with Crippen LogP contribution in [0.15, 0.2) is 35.3 Å². The summed E-state index contributed by atoms with van der Waals surface area (Å²) < 4.78 is 8.19. The van der Waals surface area contributed by atoms with E-state index in [2.05, 4.69) is 42.2 Å². The fourth-order valence-corrected chi connectivity index (χ4v) is 6.18. The Morgan fingerprint density at radius 1 is 1.19 bits per heavy atom. The fraction of sp³-hybridized carbons (Fsp3) is 0.318. The number of nitrogens with zero attached hydrogens (tertiary/aromatic N) is 1. The number of aliphatic imine (C=N–C) groups is 1. The number of fused-ring (bicyclic) bond motifs is 3. The number of hydrogen-bond acceptors (Lipinski definition) is 5. The first-order valence-corrected chi connectivity index (χ1v) is 10.9. The van der Waals surface area contributed by atoms with E-state index in [-0.39, 0.29) is 10.8 Å². The van der Waals surface area contributed by atoms with Crippen LogP contribution in [0.25, 0.3) is 20.2 Å². The van der Waals surface area contributed by atoms with Crippen LogP contribution >= 0.6 is 23.1 Å². The van der Waals surface area contributed by atoms with Crippen molar-refractivity contribution >= 4 is 49.1 Å². The molecule has 0 bridgehead atoms. The van der Waals surface area contributed by atoms with Gasteiger partial charge in [-0.15, -0.1) is 29.0 Å². The Bertz CT molecular complexity index is 1160. The standard InChI is InChI=1S/C22H20N2OS2/c1-3-4-14-10-16-15-9-13(17-12-26-22(7-8-22)21(23)24-17)5-6-19(15)27-20(16)11-18(14)25-2/h5-6,9-11,17H,7-8,12H2,1-2H3,(H2,23,24). The van der Waals surface area contributed by atoms with Crippen molar-refractivity contribution in [3.8, 4) is 17.6 Å². The van der Waals surface area contributed by atoms with Crippen molar-refractivity contribution in [2.45, 2.75) is 30.6 Å². The van der Waals surface area contributed by atoms with Crippen molar-refractivity contribution in [2.75, 3.05) is 12.9 Å². The molecule has 2 heterocycles. The maximum Gasteiger partial charge on any atom is 0.135 e. The summed E-state index contributed by atoms with van der Waals surface area (Å²) in [6.07, 6.45) is 2.36. The molecule has 0 amide bonds. The summed E-state index contributed by atoms with van der Waals surface area (Å²) in [6, 6.07) is 11.1. The Morgan fingerprint density at radius 2 is 2.00 bits per heavy atom. The number of thioether (sulfide) groups is 1. The molecule has 0 saturated heterocycles. The number of benzene rings is 2. The fourth-order valence-electron chi connectivity index (χ4n) is 3.75. The van der Waals surface area contributed by atoms with E-state index >= 15 is 0 Å². The van der Waals surface area contributed by atoms with E-state index < -0.39 is 0 Å². The third-order valence-corrected chi connectivity index (χ3v) is 8.23. The predicted molar refractivity (Wildman–Crippen MR) is 117 cm³/mol. The minimum atomic E-state index is 0.147. The van der Waals surface area contributed by atoms with E-state index in [0.29, 0.717) is 0 Å². The minimum Gasteiger partial charge on any atom is -0.495 e. The summed E-state index contributed by atoms with van der Waals surface area (Å²) in [5, 5.41) is 2.49. The molecule has 1 saturated carbocycles. The van der Waals surface area contributed by atoms with Crippen LogP contribution in [0.5, 0.6) is 5.75 Å². The second-order valence-corrected chi connectivity index (χ2v) is 9.60. The van der Waals surface area contributed by atoms with Gasteiger partial charge in [-0.2, -0.15) is 0 Å². The average Bonchev–Trinajstić information content (AvgIpc) is 3.38. The predicted octanol–water partition coefficient (Wildman–Crippen LogP) is 5.11. The summed E-state index contributed by atoms with van der Waals surface area (Å²) in [7, 11) is 1.70. The first-order chi connectivity index (χ1) is 13.1. The Hall–Kier alpha value is -2.16. The highest BCUT2D eigenvalue weighted by molar-refractivity contribution is 8.01. The van der Waals surface area contributed by atoms with Gasteiger partial charge in [-0.3, -0.25) is 4.99 Å². The van der Waals surface area contributed by atoms with Crippen LogP contribution < -0.4 is 10.5 Å². The minimum absolute atomic E-state index is 0.147. The summed E-state index contributed by atoms with van der Waals surface area (Å²) in [5.74, 6) is 8.82. The third-order valence-electron chi connectivity index (χ3n) is 5.44. The van der Waals surface area contributed by atoms with Gasteiger partial charge in [0.2, 0.25) is 0 Å². The van der Waals surface area contributed by atoms with Gasteiger partial charge in [-0.1, -0.05) is 12.0 Å². The van der Waals surface area contributed by atoms with E-state index in [1.165, 1.54) is 38.6 Å². The Morgan fingerprint density at radius 3 is 2.70 bits per heavy atom. The van der Waals surface area contributed by atoms with Crippen molar-refractivity contribution in [1.82, 2.24) is 0 Å². The van der Waals surface area contributed by atoms with Gasteiger partial charge < -0.3 is 10.5 Å². The second-order valence-electron chi connectivity index (χ2n) is 7.12. The van der Waals surface area contributed by atoms with Crippen LogP contribution in [-0.2, 0) is 0 Å². The van der Waals surface area contributed by atoms with Crippen LogP contribution in [0.1, 0.15) is 36.9 Å². The molecule has 1 spiro atoms. The molecule has 2 aliphatic rings. The lowest BCUT2D eigenvalue weighted by atomic mass is 10.0. The third kappa shape index (κ3) is 2.70. The zero-order chi connectivity index (χ0) is 18.6. The van der Waals surface area contributed by atoms with Gasteiger partial charge in [0.05, 0.1) is 23.5 Å². The van der Waals surface area contributed by atoms with Gasteiger partial charge in [-0.25, -0.2) is 0 Å². The van der Waals surface area contributed by atoms with E-state index in [4.69, 9.17) is 15.5 Å². The topological polar surface area (TPSA) is 47.6 Å². The molecule has 5 heteroatoms. The molecule has 27 heavy (non-hydrogen) atoms. The van der Waals surface area contributed by atoms with E-state index in [1.54, 1.807) is 18.4 Å². The Labute approximate surface area is 167 Å². The van der Waals surface area contributed by atoms with Gasteiger partial charge >= 0.3 is 0 Å². The first-order valence-electron chi connectivity index (χ1n) is 9.08. The molecule has 2 N–H and O–H groups in total. The van der Waals surface area contributed by atoms with Gasteiger partial charge in [0, 0.05) is 25.9 Å². The van der Waals surface area contributed by atoms with Gasteiger partial charge in [0.1, 0.15) is 11.6 Å². The van der Waals surface area contributed by atoms with E-state index in [9.17, 15) is 0 Å². The molecular weight excluding hydrogens is 372 g/mol. The smallest absolute Gasteiger partial charge is 0.135 e. The van der Waals surface area contributed by atoms with Crippen LogP contribution in [0.4, 0.5) is 0 Å². The highest BCUT2D eigenvalue weighted by Crippen LogP contribution is 2.53. The van der Waals surface area contributed by atoms with Crippen LogP contribution in [-0.4, -0.2) is 23.4 Å². The molecule has 1 atom stereocenters. The highest BCUT2D eigenvalue weighted by Gasteiger charge is 2.49. The van der Waals surface area contributed by atoms with Crippen LogP contribution in [0.2, 0.25) is 0 Å². The zero-order valence-electron chi connectivity index (χ0n) is 15.3. The normalized spacial score (nSPS) is 20.4. The van der Waals surface area contributed by atoms with E-state index in [0.717, 1.165) is 22.9 Å². The molecule has 5 rings (SSSR count). The molecule has 3 aromatic rings.